The van der Waals surface area contributed by atoms with E-state index in [0.717, 1.165) is 16.9 Å². The third-order valence-corrected chi connectivity index (χ3v) is 3.57. The monoisotopic (exact) mass is 296 g/mol. The van der Waals surface area contributed by atoms with Gasteiger partial charge in [0.25, 0.3) is 0 Å². The molecule has 114 valence electrons. The third kappa shape index (κ3) is 4.55. The van der Waals surface area contributed by atoms with E-state index in [0.29, 0.717) is 13.0 Å². The molecule has 2 rings (SSSR count). The van der Waals surface area contributed by atoms with Crippen LogP contribution in [-0.2, 0) is 22.6 Å². The number of ether oxygens (including phenoxy) is 1. The molecule has 0 saturated heterocycles. The van der Waals surface area contributed by atoms with Crippen molar-refractivity contribution >= 4 is 11.6 Å². The Morgan fingerprint density at radius 2 is 1.55 bits per heavy atom. The molecule has 0 fully saturated rings. The van der Waals surface area contributed by atoms with E-state index in [1.54, 1.807) is 0 Å². The molecule has 0 atom stereocenters. The Kier molecular flexibility index (Phi) is 5.48. The minimum Gasteiger partial charge on any atom is -0.489 e. The van der Waals surface area contributed by atoms with Crippen molar-refractivity contribution in [3.05, 3.63) is 65.7 Å². The summed E-state index contributed by atoms with van der Waals surface area (Å²) >= 11 is 0. The quantitative estimate of drug-likeness (QED) is 0.733. The Bertz CT molecular complexity index is 633. The fraction of sp³-hybridized carbons (Fsp3) is 0.263. The van der Waals surface area contributed by atoms with Gasteiger partial charge in [-0.2, -0.15) is 0 Å². The van der Waals surface area contributed by atoms with Gasteiger partial charge in [0.1, 0.15) is 23.9 Å². The van der Waals surface area contributed by atoms with E-state index < -0.39 is 5.92 Å². The first kappa shape index (κ1) is 16.0. The first-order chi connectivity index (χ1) is 10.6. The average molecular weight is 296 g/mol. The van der Waals surface area contributed by atoms with Crippen LogP contribution in [-0.4, -0.2) is 11.6 Å². The zero-order valence-corrected chi connectivity index (χ0v) is 12.9. The molecule has 0 unspecified atom stereocenters. The van der Waals surface area contributed by atoms with Crippen molar-refractivity contribution in [2.45, 2.75) is 26.9 Å². The SMILES string of the molecule is CC(=O)C(Cc1cccc(OCc2ccccc2)c1)C(C)=O. The van der Waals surface area contributed by atoms with Crippen LogP contribution in [0.1, 0.15) is 25.0 Å². The van der Waals surface area contributed by atoms with E-state index in [4.69, 9.17) is 4.74 Å². The summed E-state index contributed by atoms with van der Waals surface area (Å²) in [6.07, 6.45) is 0.424. The second kappa shape index (κ2) is 7.55. The molecule has 0 aliphatic carbocycles. The van der Waals surface area contributed by atoms with Gasteiger partial charge in [0, 0.05) is 0 Å². The smallest absolute Gasteiger partial charge is 0.140 e. The van der Waals surface area contributed by atoms with Crippen LogP contribution >= 0.6 is 0 Å². The number of carbonyl (C=O) groups excluding carboxylic acids is 2. The lowest BCUT2D eigenvalue weighted by Crippen LogP contribution is -2.21. The summed E-state index contributed by atoms with van der Waals surface area (Å²) in [5.41, 5.74) is 2.03. The molecular weight excluding hydrogens is 276 g/mol. The molecule has 0 aromatic heterocycles. The highest BCUT2D eigenvalue weighted by atomic mass is 16.5. The Balaban J connectivity index is 2.03. The Morgan fingerprint density at radius 3 is 2.18 bits per heavy atom. The van der Waals surface area contributed by atoms with Gasteiger partial charge in [0.2, 0.25) is 0 Å². The second-order valence-electron chi connectivity index (χ2n) is 5.40. The largest absolute Gasteiger partial charge is 0.489 e. The number of rotatable bonds is 7. The van der Waals surface area contributed by atoms with Gasteiger partial charge in [-0.25, -0.2) is 0 Å². The fourth-order valence-electron chi connectivity index (χ4n) is 2.31. The molecule has 3 heteroatoms. The van der Waals surface area contributed by atoms with Crippen molar-refractivity contribution in [2.75, 3.05) is 0 Å². The van der Waals surface area contributed by atoms with E-state index in [9.17, 15) is 9.59 Å². The number of benzene rings is 2. The number of hydrogen-bond donors (Lipinski definition) is 0. The molecule has 0 saturated carbocycles. The lowest BCUT2D eigenvalue weighted by molar-refractivity contribution is -0.130. The summed E-state index contributed by atoms with van der Waals surface area (Å²) in [7, 11) is 0. The highest BCUT2D eigenvalue weighted by molar-refractivity contribution is 6.00. The molecule has 0 spiro atoms. The number of ketones is 2. The summed E-state index contributed by atoms with van der Waals surface area (Å²) in [5.74, 6) is -0.0113. The normalized spacial score (nSPS) is 10.5. The minimum atomic E-state index is -0.565. The maximum atomic E-state index is 11.5. The third-order valence-electron chi connectivity index (χ3n) is 3.57. The van der Waals surface area contributed by atoms with E-state index in [1.807, 2.05) is 54.6 Å². The Hall–Kier alpha value is -2.42. The van der Waals surface area contributed by atoms with Crippen LogP contribution in [0.25, 0.3) is 0 Å². The molecule has 0 N–H and O–H groups in total. The molecule has 0 radical (unpaired) electrons. The van der Waals surface area contributed by atoms with Crippen molar-refractivity contribution in [3.63, 3.8) is 0 Å². The molecule has 3 nitrogen and oxygen atoms in total. The summed E-state index contributed by atoms with van der Waals surface area (Å²) in [6, 6.07) is 17.5. The van der Waals surface area contributed by atoms with Gasteiger partial charge < -0.3 is 4.74 Å². The maximum absolute atomic E-state index is 11.5. The molecule has 22 heavy (non-hydrogen) atoms. The standard InChI is InChI=1S/C19H20O3/c1-14(20)19(15(2)21)12-17-9-6-10-18(11-17)22-13-16-7-4-3-5-8-16/h3-11,19H,12-13H2,1-2H3. The van der Waals surface area contributed by atoms with Gasteiger partial charge in [-0.1, -0.05) is 42.5 Å². The number of carbonyl (C=O) groups is 2. The molecule has 2 aromatic carbocycles. The van der Waals surface area contributed by atoms with Crippen LogP contribution in [0.4, 0.5) is 0 Å². The molecule has 0 heterocycles. The van der Waals surface area contributed by atoms with Crippen LogP contribution in [0.15, 0.2) is 54.6 Å². The van der Waals surface area contributed by atoms with E-state index >= 15 is 0 Å². The number of Topliss-reactive ketones (excluding diaryl/α,β-unsaturated/α-hetero) is 2. The number of hydrogen-bond acceptors (Lipinski definition) is 3. The van der Waals surface area contributed by atoms with Crippen LogP contribution in [0.2, 0.25) is 0 Å². The summed E-state index contributed by atoms with van der Waals surface area (Å²) in [5, 5.41) is 0. The van der Waals surface area contributed by atoms with Crippen LogP contribution in [0, 0.1) is 5.92 Å². The van der Waals surface area contributed by atoms with Gasteiger partial charge in [-0.3, -0.25) is 9.59 Å². The van der Waals surface area contributed by atoms with Gasteiger partial charge in [0.15, 0.2) is 0 Å². The van der Waals surface area contributed by atoms with Gasteiger partial charge in [-0.05, 0) is 43.5 Å². The Morgan fingerprint density at radius 1 is 0.909 bits per heavy atom. The lowest BCUT2D eigenvalue weighted by Gasteiger charge is -2.12. The molecule has 0 bridgehead atoms. The minimum absolute atomic E-state index is 0.0943. The highest BCUT2D eigenvalue weighted by Crippen LogP contribution is 2.18. The summed E-state index contributed by atoms with van der Waals surface area (Å²) in [6.45, 7) is 3.41. The average Bonchev–Trinajstić information content (AvgIpc) is 2.51. The Labute approximate surface area is 130 Å². The molecule has 0 aliphatic rings. The van der Waals surface area contributed by atoms with Crippen LogP contribution in [0.3, 0.4) is 0 Å². The zero-order chi connectivity index (χ0) is 15.9. The van der Waals surface area contributed by atoms with E-state index in [2.05, 4.69) is 0 Å². The van der Waals surface area contributed by atoms with Crippen molar-refractivity contribution in [1.82, 2.24) is 0 Å². The predicted molar refractivity (Wildman–Crippen MR) is 85.8 cm³/mol. The van der Waals surface area contributed by atoms with E-state index in [-0.39, 0.29) is 11.6 Å². The fourth-order valence-corrected chi connectivity index (χ4v) is 2.31. The van der Waals surface area contributed by atoms with Crippen molar-refractivity contribution < 1.29 is 14.3 Å². The first-order valence-corrected chi connectivity index (χ1v) is 7.33. The molecule has 0 amide bonds. The summed E-state index contributed by atoms with van der Waals surface area (Å²) < 4.78 is 5.77. The highest BCUT2D eigenvalue weighted by Gasteiger charge is 2.19. The van der Waals surface area contributed by atoms with Crippen molar-refractivity contribution in [2.24, 2.45) is 5.92 Å². The summed E-state index contributed by atoms with van der Waals surface area (Å²) in [4.78, 5) is 23.1. The first-order valence-electron chi connectivity index (χ1n) is 7.33. The van der Waals surface area contributed by atoms with Gasteiger partial charge >= 0.3 is 0 Å². The molecule has 2 aromatic rings. The maximum Gasteiger partial charge on any atom is 0.140 e. The van der Waals surface area contributed by atoms with Crippen LogP contribution < -0.4 is 4.74 Å². The van der Waals surface area contributed by atoms with Crippen molar-refractivity contribution in [1.29, 1.82) is 0 Å². The van der Waals surface area contributed by atoms with Crippen LogP contribution in [0.5, 0.6) is 5.75 Å². The predicted octanol–water partition coefficient (Wildman–Crippen LogP) is 3.60. The van der Waals surface area contributed by atoms with Gasteiger partial charge in [-0.15, -0.1) is 0 Å². The zero-order valence-electron chi connectivity index (χ0n) is 12.9. The topological polar surface area (TPSA) is 43.4 Å². The van der Waals surface area contributed by atoms with Crippen molar-refractivity contribution in [3.8, 4) is 5.75 Å². The lowest BCUT2D eigenvalue weighted by atomic mass is 9.92. The van der Waals surface area contributed by atoms with Gasteiger partial charge in [0.05, 0.1) is 5.92 Å². The second-order valence-corrected chi connectivity index (χ2v) is 5.40. The molecule has 0 aliphatic heterocycles. The van der Waals surface area contributed by atoms with E-state index in [1.165, 1.54) is 13.8 Å². The molecular formula is C19H20O3.